The summed E-state index contributed by atoms with van der Waals surface area (Å²) in [5, 5.41) is 12.2. The van der Waals surface area contributed by atoms with Crippen molar-refractivity contribution in [2.24, 2.45) is 12.0 Å². The number of amides is 1. The second-order valence-corrected chi connectivity index (χ2v) is 10.00. The van der Waals surface area contributed by atoms with E-state index in [0.717, 1.165) is 11.6 Å². The van der Waals surface area contributed by atoms with Crippen LogP contribution in [0.5, 0.6) is 0 Å². The highest BCUT2D eigenvalue weighted by atomic mass is 19.4. The third-order valence-corrected chi connectivity index (χ3v) is 7.50. The molecule has 3 heterocycles. The molecule has 7 nitrogen and oxygen atoms in total. The number of aromatic nitrogens is 3. The van der Waals surface area contributed by atoms with Crippen LogP contribution in [0.3, 0.4) is 0 Å². The van der Waals surface area contributed by atoms with Crippen LogP contribution in [0.4, 0.5) is 13.2 Å². The number of halogens is 3. The number of pyridine rings is 1. The molecule has 1 aliphatic heterocycles. The summed E-state index contributed by atoms with van der Waals surface area (Å²) in [6, 6.07) is 5.13. The average Bonchev–Trinajstić information content (AvgIpc) is 2.81. The molecular weight excluding hydrogens is 483 g/mol. The number of rotatable bonds is 3. The van der Waals surface area contributed by atoms with Crippen molar-refractivity contribution in [3.8, 4) is 0 Å². The second-order valence-electron chi connectivity index (χ2n) is 10.00. The number of hydrogen-bond acceptors (Lipinski definition) is 5. The molecule has 1 amide bonds. The van der Waals surface area contributed by atoms with Crippen molar-refractivity contribution in [3.63, 3.8) is 0 Å². The lowest BCUT2D eigenvalue weighted by atomic mass is 9.83. The predicted molar refractivity (Wildman–Crippen MR) is 133 cm³/mol. The van der Waals surface area contributed by atoms with Crippen LogP contribution in [0.25, 0.3) is 10.9 Å². The van der Waals surface area contributed by atoms with Gasteiger partial charge in [0.15, 0.2) is 5.49 Å². The first-order chi connectivity index (χ1) is 17.2. The minimum Gasteiger partial charge on any atom is -0.383 e. The van der Waals surface area contributed by atoms with Crippen LogP contribution < -0.4 is 5.49 Å². The fourth-order valence-electron chi connectivity index (χ4n) is 5.30. The van der Waals surface area contributed by atoms with E-state index in [2.05, 4.69) is 9.97 Å². The number of nitrogens with zero attached hydrogens (tertiary/aromatic N) is 5. The molecule has 3 atom stereocenters. The molecular formula is C27H32F3N5O2. The van der Waals surface area contributed by atoms with Gasteiger partial charge in [0.2, 0.25) is 5.91 Å². The summed E-state index contributed by atoms with van der Waals surface area (Å²) in [6.45, 7) is 8.85. The average molecular weight is 516 g/mol. The van der Waals surface area contributed by atoms with Gasteiger partial charge < -0.3 is 14.6 Å². The minimum absolute atomic E-state index is 0.0346. The van der Waals surface area contributed by atoms with Gasteiger partial charge in [0, 0.05) is 38.4 Å². The number of likely N-dealkylation sites (tertiary alicyclic amines) is 1. The van der Waals surface area contributed by atoms with Crippen LogP contribution >= 0.6 is 0 Å². The van der Waals surface area contributed by atoms with Gasteiger partial charge in [-0.1, -0.05) is 12.1 Å². The van der Waals surface area contributed by atoms with E-state index in [1.165, 1.54) is 19.9 Å². The Balaban J connectivity index is 1.83. The molecule has 4 rings (SSSR count). The van der Waals surface area contributed by atoms with Crippen LogP contribution in [0, 0.1) is 13.8 Å². The van der Waals surface area contributed by atoms with E-state index in [4.69, 9.17) is 4.99 Å². The molecule has 1 N–H and O–H groups in total. The number of hydrogen-bond donors (Lipinski definition) is 1. The maximum atomic E-state index is 13.5. The van der Waals surface area contributed by atoms with Crippen molar-refractivity contribution in [3.05, 3.63) is 64.2 Å². The Morgan fingerprint density at radius 3 is 2.62 bits per heavy atom. The Kier molecular flexibility index (Phi) is 6.92. The predicted octanol–water partition coefficient (Wildman–Crippen LogP) is 4.48. The van der Waals surface area contributed by atoms with Crippen molar-refractivity contribution in [1.29, 1.82) is 0 Å². The van der Waals surface area contributed by atoms with Crippen molar-refractivity contribution in [2.45, 2.75) is 71.3 Å². The molecule has 0 saturated carbocycles. The molecule has 1 aromatic carbocycles. The molecule has 2 unspecified atom stereocenters. The fourth-order valence-corrected chi connectivity index (χ4v) is 5.30. The summed E-state index contributed by atoms with van der Waals surface area (Å²) in [6.07, 6.45) is -2.11. The monoisotopic (exact) mass is 515 g/mol. The Hall–Kier alpha value is -3.27. The van der Waals surface area contributed by atoms with Crippen LogP contribution in [-0.2, 0) is 23.6 Å². The number of alkyl halides is 3. The van der Waals surface area contributed by atoms with Gasteiger partial charge in [0.05, 0.1) is 29.0 Å². The van der Waals surface area contributed by atoms with Gasteiger partial charge in [-0.15, -0.1) is 0 Å². The molecule has 1 aliphatic rings. The number of piperidine rings is 1. The number of fused-ring (bicyclic) bond motifs is 1. The topological polar surface area (TPSA) is 83.6 Å². The van der Waals surface area contributed by atoms with E-state index in [0.29, 0.717) is 47.3 Å². The lowest BCUT2D eigenvalue weighted by molar-refractivity contribution is -0.138. The Morgan fingerprint density at radius 1 is 1.30 bits per heavy atom. The molecule has 0 spiro atoms. The maximum absolute atomic E-state index is 13.5. The maximum Gasteiger partial charge on any atom is 0.416 e. The molecule has 3 aromatic rings. The van der Waals surface area contributed by atoms with E-state index >= 15 is 0 Å². The van der Waals surface area contributed by atoms with E-state index in [1.807, 2.05) is 25.5 Å². The first-order valence-electron chi connectivity index (χ1n) is 12.3. The lowest BCUT2D eigenvalue weighted by Gasteiger charge is -2.42. The Morgan fingerprint density at radius 2 is 2.00 bits per heavy atom. The van der Waals surface area contributed by atoms with Gasteiger partial charge in [-0.3, -0.25) is 14.8 Å². The van der Waals surface area contributed by atoms with Crippen molar-refractivity contribution < 1.29 is 23.1 Å². The molecule has 10 heteroatoms. The molecule has 0 bridgehead atoms. The molecule has 0 aliphatic carbocycles. The summed E-state index contributed by atoms with van der Waals surface area (Å²) >= 11 is 0. The quantitative estimate of drug-likeness (QED) is 0.558. The standard InChI is InChI=1S/C27H32F3N5O2/c1-15-13-26(37,10-11-35(15)19(5)36)24-12-21-23(14-31-24)34(6)18(4)33-25(21)32-17(3)20-8-7-9-22(16(20)2)27(28,29)30/h7-9,12,14-15,17,37H,10-11,13H2,1-6H3/b32-25-/t15-,17?,26?/m1/s1. The lowest BCUT2D eigenvalue weighted by Crippen LogP contribution is -2.49. The molecule has 37 heavy (non-hydrogen) atoms. The van der Waals surface area contributed by atoms with Crippen molar-refractivity contribution >= 4 is 16.8 Å². The Labute approximate surface area is 213 Å². The van der Waals surface area contributed by atoms with Crippen molar-refractivity contribution in [2.75, 3.05) is 6.54 Å². The van der Waals surface area contributed by atoms with Gasteiger partial charge >= 0.3 is 6.18 Å². The molecule has 198 valence electrons. The summed E-state index contributed by atoms with van der Waals surface area (Å²) in [5.41, 5.74) is 0.256. The first-order valence-corrected chi connectivity index (χ1v) is 12.3. The van der Waals surface area contributed by atoms with Gasteiger partial charge in [-0.2, -0.15) is 13.2 Å². The fraction of sp³-hybridized carbons (Fsp3) is 0.481. The number of carbonyl (C=O) groups excluding carboxylic acids is 1. The number of aliphatic hydroxyl groups is 1. The van der Waals surface area contributed by atoms with E-state index < -0.39 is 23.4 Å². The SMILES string of the molecule is CC(=O)N1CCC(O)(c2cc3/c(=N/C(C)c4cccc(C(F)(F)F)c4C)nc(C)n(C)c3cn2)C[C@H]1C. The second kappa shape index (κ2) is 9.55. The third-order valence-electron chi connectivity index (χ3n) is 7.50. The van der Waals surface area contributed by atoms with Crippen LogP contribution in [-0.4, -0.2) is 43.0 Å². The zero-order chi connectivity index (χ0) is 27.3. The molecule has 1 fully saturated rings. The molecule has 2 aromatic heterocycles. The summed E-state index contributed by atoms with van der Waals surface area (Å²) in [5.74, 6) is 0.628. The highest BCUT2D eigenvalue weighted by Crippen LogP contribution is 2.36. The van der Waals surface area contributed by atoms with Gasteiger partial charge in [0.1, 0.15) is 11.4 Å². The van der Waals surface area contributed by atoms with Crippen LogP contribution in [0.2, 0.25) is 0 Å². The normalized spacial score (nSPS) is 21.9. The zero-order valence-corrected chi connectivity index (χ0v) is 21.9. The van der Waals surface area contributed by atoms with Crippen LogP contribution in [0.1, 0.15) is 67.9 Å². The van der Waals surface area contributed by atoms with E-state index in [9.17, 15) is 23.1 Å². The van der Waals surface area contributed by atoms with Gasteiger partial charge in [-0.25, -0.2) is 4.98 Å². The number of aryl methyl sites for hydroxylation is 2. The first kappa shape index (κ1) is 26.8. The summed E-state index contributed by atoms with van der Waals surface area (Å²) in [4.78, 5) is 27.6. The zero-order valence-electron chi connectivity index (χ0n) is 21.9. The van der Waals surface area contributed by atoms with Crippen LogP contribution in [0.15, 0.2) is 35.5 Å². The highest BCUT2D eigenvalue weighted by Gasteiger charge is 2.40. The van der Waals surface area contributed by atoms with Gasteiger partial charge in [0.25, 0.3) is 0 Å². The summed E-state index contributed by atoms with van der Waals surface area (Å²) in [7, 11) is 1.85. The Bertz CT molecular complexity index is 1430. The number of benzene rings is 1. The van der Waals surface area contributed by atoms with Gasteiger partial charge in [-0.05, 0) is 57.4 Å². The van der Waals surface area contributed by atoms with Crippen molar-refractivity contribution in [1.82, 2.24) is 19.4 Å². The summed E-state index contributed by atoms with van der Waals surface area (Å²) < 4.78 is 42.3. The number of carbonyl (C=O) groups is 1. The minimum atomic E-state index is -4.45. The third kappa shape index (κ3) is 4.99. The van der Waals surface area contributed by atoms with E-state index in [1.54, 1.807) is 30.2 Å². The highest BCUT2D eigenvalue weighted by molar-refractivity contribution is 5.78. The molecule has 1 saturated heterocycles. The molecule has 0 radical (unpaired) electrons. The van der Waals surface area contributed by atoms with E-state index in [-0.39, 0.29) is 17.5 Å². The largest absolute Gasteiger partial charge is 0.416 e. The smallest absolute Gasteiger partial charge is 0.383 e.